The lowest BCUT2D eigenvalue weighted by Gasteiger charge is -2.07. The Hall–Kier alpha value is -0.790. The number of rotatable bonds is 44. The average molecular weight is 728 g/mol. The SMILES string of the molecule is CCCCCCCCCCCCCCCCC[n+]1ccn(CCCCCCCCCCCCCC)c1CCCCCCCCCCCCCCCC. The Kier molecular flexibility index (Phi) is 39.2. The Labute approximate surface area is 329 Å². The molecule has 0 fully saturated rings. The molecule has 0 bridgehead atoms. The van der Waals surface area contributed by atoms with E-state index in [1.807, 2.05) is 0 Å². The van der Waals surface area contributed by atoms with Crippen LogP contribution in [0.2, 0.25) is 0 Å². The normalized spacial score (nSPS) is 11.7. The minimum atomic E-state index is 1.23. The second-order valence-electron chi connectivity index (χ2n) is 17.3. The summed E-state index contributed by atoms with van der Waals surface area (Å²) in [7, 11) is 0. The van der Waals surface area contributed by atoms with E-state index in [1.54, 1.807) is 5.82 Å². The van der Waals surface area contributed by atoms with E-state index in [1.165, 1.54) is 283 Å². The number of aromatic nitrogens is 2. The van der Waals surface area contributed by atoms with E-state index in [4.69, 9.17) is 0 Å². The Morgan fingerprint density at radius 1 is 0.327 bits per heavy atom. The molecule has 0 saturated heterocycles. The van der Waals surface area contributed by atoms with Crippen LogP contribution >= 0.6 is 0 Å². The number of nitrogens with zero attached hydrogens (tertiary/aromatic N) is 2. The Balaban J connectivity index is 2.26. The van der Waals surface area contributed by atoms with E-state index >= 15 is 0 Å². The van der Waals surface area contributed by atoms with Gasteiger partial charge in [-0.2, -0.15) is 0 Å². The van der Waals surface area contributed by atoms with E-state index in [0.29, 0.717) is 0 Å². The summed E-state index contributed by atoms with van der Waals surface area (Å²) >= 11 is 0. The van der Waals surface area contributed by atoms with Crippen LogP contribution < -0.4 is 4.57 Å². The molecular weight excluding hydrogens is 629 g/mol. The molecule has 0 amide bonds. The molecule has 0 unspecified atom stereocenters. The van der Waals surface area contributed by atoms with Crippen LogP contribution in [0.25, 0.3) is 0 Å². The van der Waals surface area contributed by atoms with Crippen molar-refractivity contribution >= 4 is 0 Å². The van der Waals surface area contributed by atoms with Gasteiger partial charge >= 0.3 is 0 Å². The van der Waals surface area contributed by atoms with E-state index in [2.05, 4.69) is 42.3 Å². The van der Waals surface area contributed by atoms with Gasteiger partial charge in [0.1, 0.15) is 12.4 Å². The molecule has 0 spiro atoms. The highest BCUT2D eigenvalue weighted by Crippen LogP contribution is 2.17. The fourth-order valence-electron chi connectivity index (χ4n) is 8.45. The van der Waals surface area contributed by atoms with Gasteiger partial charge in [0.15, 0.2) is 0 Å². The van der Waals surface area contributed by atoms with E-state index in [0.717, 1.165) is 0 Å². The largest absolute Gasteiger partial charge is 0.256 e. The van der Waals surface area contributed by atoms with Crippen LogP contribution in [0.1, 0.15) is 290 Å². The number of unbranched alkanes of at least 4 members (excludes halogenated alkanes) is 38. The highest BCUT2D eigenvalue weighted by Gasteiger charge is 2.16. The van der Waals surface area contributed by atoms with Gasteiger partial charge < -0.3 is 0 Å². The van der Waals surface area contributed by atoms with Gasteiger partial charge in [0.2, 0.25) is 0 Å². The number of aryl methyl sites for hydroxylation is 2. The lowest BCUT2D eigenvalue weighted by molar-refractivity contribution is -0.704. The van der Waals surface area contributed by atoms with Gasteiger partial charge in [0, 0.05) is 6.42 Å². The van der Waals surface area contributed by atoms with E-state index < -0.39 is 0 Å². The number of hydrogen-bond donors (Lipinski definition) is 0. The fourth-order valence-corrected chi connectivity index (χ4v) is 8.45. The lowest BCUT2D eigenvalue weighted by Crippen LogP contribution is -2.37. The predicted molar refractivity (Wildman–Crippen MR) is 235 cm³/mol. The summed E-state index contributed by atoms with van der Waals surface area (Å²) in [5.74, 6) is 1.63. The van der Waals surface area contributed by atoms with Crippen molar-refractivity contribution in [3.05, 3.63) is 18.2 Å². The fraction of sp³-hybridized carbons (Fsp3) is 0.940. The van der Waals surface area contributed by atoms with E-state index in [9.17, 15) is 0 Å². The number of imidazole rings is 1. The Bertz CT molecular complexity index is 796. The predicted octanol–water partition coefficient (Wildman–Crippen LogP) is 17.4. The van der Waals surface area contributed by atoms with Crippen molar-refractivity contribution in [3.63, 3.8) is 0 Å². The van der Waals surface area contributed by atoms with Gasteiger partial charge in [0.05, 0.1) is 13.1 Å². The Morgan fingerprint density at radius 2 is 0.596 bits per heavy atom. The molecule has 0 radical (unpaired) electrons. The van der Waals surface area contributed by atoms with Crippen molar-refractivity contribution in [2.75, 3.05) is 0 Å². The van der Waals surface area contributed by atoms with E-state index in [-0.39, 0.29) is 0 Å². The van der Waals surface area contributed by atoms with Gasteiger partial charge in [-0.3, -0.25) is 0 Å². The monoisotopic (exact) mass is 728 g/mol. The van der Waals surface area contributed by atoms with Crippen LogP contribution in [0, 0.1) is 0 Å². The van der Waals surface area contributed by atoms with Crippen LogP contribution in [0.3, 0.4) is 0 Å². The quantitative estimate of drug-likeness (QED) is 0.0467. The summed E-state index contributed by atoms with van der Waals surface area (Å²) in [6, 6.07) is 0. The highest BCUT2D eigenvalue weighted by atomic mass is 15.1. The lowest BCUT2D eigenvalue weighted by atomic mass is 10.0. The van der Waals surface area contributed by atoms with Crippen molar-refractivity contribution in [3.8, 4) is 0 Å². The first-order chi connectivity index (χ1) is 25.8. The molecule has 308 valence electrons. The van der Waals surface area contributed by atoms with Crippen LogP contribution in [0.15, 0.2) is 12.4 Å². The molecule has 52 heavy (non-hydrogen) atoms. The first-order valence-electron chi connectivity index (χ1n) is 24.9. The highest BCUT2D eigenvalue weighted by molar-refractivity contribution is 4.84. The minimum Gasteiger partial charge on any atom is -0.234 e. The summed E-state index contributed by atoms with van der Waals surface area (Å²) in [5.41, 5.74) is 0. The standard InChI is InChI=1S/C50H99N2/c1-4-7-10-13-16-19-22-25-27-29-32-35-38-41-44-47-52-49-48-51(46-43-40-37-34-31-24-21-18-15-12-9-6-3)50(52)45-42-39-36-33-30-28-26-23-20-17-14-11-8-5-2/h48-49H,4-47H2,1-3H3/q+1. The first kappa shape index (κ1) is 49.2. The van der Waals surface area contributed by atoms with Crippen molar-refractivity contribution in [1.29, 1.82) is 0 Å². The molecule has 1 aromatic heterocycles. The summed E-state index contributed by atoms with van der Waals surface area (Å²) in [4.78, 5) is 0. The van der Waals surface area contributed by atoms with Crippen LogP contribution in [0.4, 0.5) is 0 Å². The minimum absolute atomic E-state index is 1.23. The molecule has 0 aliphatic rings. The maximum absolute atomic E-state index is 2.66. The second-order valence-corrected chi connectivity index (χ2v) is 17.3. The molecule has 0 aliphatic heterocycles. The van der Waals surface area contributed by atoms with Crippen molar-refractivity contribution in [2.45, 2.75) is 304 Å². The zero-order chi connectivity index (χ0) is 37.3. The van der Waals surface area contributed by atoms with Crippen LogP contribution in [0.5, 0.6) is 0 Å². The summed E-state index contributed by atoms with van der Waals surface area (Å²) in [5, 5.41) is 0. The zero-order valence-corrected chi connectivity index (χ0v) is 36.7. The topological polar surface area (TPSA) is 8.81 Å². The maximum atomic E-state index is 2.66. The Morgan fingerprint density at radius 3 is 0.923 bits per heavy atom. The zero-order valence-electron chi connectivity index (χ0n) is 36.7. The smallest absolute Gasteiger partial charge is 0.234 e. The summed E-state index contributed by atoms with van der Waals surface area (Å²) in [6.07, 6.45) is 65.3. The molecule has 0 atom stereocenters. The molecule has 1 rings (SSSR count). The van der Waals surface area contributed by atoms with Crippen LogP contribution in [-0.2, 0) is 19.5 Å². The maximum Gasteiger partial charge on any atom is 0.256 e. The molecule has 2 nitrogen and oxygen atoms in total. The molecule has 1 aromatic rings. The third-order valence-electron chi connectivity index (χ3n) is 12.1. The van der Waals surface area contributed by atoms with Gasteiger partial charge in [0.25, 0.3) is 5.82 Å². The average Bonchev–Trinajstić information content (AvgIpc) is 3.54. The molecule has 2 heteroatoms. The molecule has 0 aromatic carbocycles. The van der Waals surface area contributed by atoms with Crippen molar-refractivity contribution in [2.24, 2.45) is 0 Å². The molecule has 0 N–H and O–H groups in total. The summed E-state index contributed by atoms with van der Waals surface area (Å²) in [6.45, 7) is 9.42. The van der Waals surface area contributed by atoms with Crippen molar-refractivity contribution < 1.29 is 4.57 Å². The third kappa shape index (κ3) is 32.6. The number of hydrogen-bond acceptors (Lipinski definition) is 0. The molecule has 0 saturated carbocycles. The molecular formula is C50H99N2+. The van der Waals surface area contributed by atoms with Crippen molar-refractivity contribution in [1.82, 2.24) is 4.57 Å². The summed E-state index contributed by atoms with van der Waals surface area (Å²) < 4.78 is 5.31. The molecule has 0 aliphatic carbocycles. The van der Waals surface area contributed by atoms with Crippen LogP contribution in [-0.4, -0.2) is 4.57 Å². The first-order valence-corrected chi connectivity index (χ1v) is 24.9. The van der Waals surface area contributed by atoms with Gasteiger partial charge in [-0.25, -0.2) is 9.13 Å². The van der Waals surface area contributed by atoms with Gasteiger partial charge in [-0.05, 0) is 32.1 Å². The van der Waals surface area contributed by atoms with Gasteiger partial charge in [-0.15, -0.1) is 0 Å². The third-order valence-corrected chi connectivity index (χ3v) is 12.1. The van der Waals surface area contributed by atoms with Gasteiger partial charge in [-0.1, -0.05) is 252 Å². The molecule has 1 heterocycles. The second kappa shape index (κ2) is 41.4.